The Morgan fingerprint density at radius 1 is 1.56 bits per heavy atom. The Morgan fingerprint density at radius 3 is 2.78 bits per heavy atom. The highest BCUT2D eigenvalue weighted by molar-refractivity contribution is 5.93. The third-order valence-corrected chi connectivity index (χ3v) is 2.51. The van der Waals surface area contributed by atoms with E-state index in [4.69, 9.17) is 0 Å². The van der Waals surface area contributed by atoms with E-state index in [0.717, 1.165) is 5.69 Å². The number of methoxy groups -OCH3 is 1. The van der Waals surface area contributed by atoms with Gasteiger partial charge >= 0.3 is 5.97 Å². The number of hydrogen-bond acceptors (Lipinski definition) is 4. The van der Waals surface area contributed by atoms with Gasteiger partial charge in [-0.1, -0.05) is 0 Å². The second-order valence-corrected chi connectivity index (χ2v) is 4.14. The van der Waals surface area contributed by atoms with Gasteiger partial charge in [0.25, 0.3) is 5.91 Å². The Morgan fingerprint density at radius 2 is 2.22 bits per heavy atom. The first-order valence-electron chi connectivity index (χ1n) is 5.90. The Hall–Kier alpha value is -1.85. The summed E-state index contributed by atoms with van der Waals surface area (Å²) in [5.74, 6) is -0.572. The number of rotatable bonds is 5. The van der Waals surface area contributed by atoms with Gasteiger partial charge in [0, 0.05) is 12.6 Å². The van der Waals surface area contributed by atoms with Crippen molar-refractivity contribution < 1.29 is 14.3 Å². The van der Waals surface area contributed by atoms with Gasteiger partial charge in [0.2, 0.25) is 0 Å². The molecule has 0 bridgehead atoms. The van der Waals surface area contributed by atoms with Crippen LogP contribution in [0.25, 0.3) is 0 Å². The van der Waals surface area contributed by atoms with E-state index in [0.29, 0.717) is 12.2 Å². The van der Waals surface area contributed by atoms with Crippen LogP contribution in [0.3, 0.4) is 0 Å². The molecule has 100 valence electrons. The summed E-state index contributed by atoms with van der Waals surface area (Å²) in [7, 11) is 1.33. The highest BCUT2D eigenvalue weighted by atomic mass is 16.5. The van der Waals surface area contributed by atoms with Gasteiger partial charge in [-0.15, -0.1) is 0 Å². The number of carbonyl (C=O) groups is 2. The molecule has 0 aliphatic rings. The SMILES string of the molecule is CCn1nc(C)cc1C(=O)NC(C)CC(=O)OC. The fraction of sp³-hybridized carbons (Fsp3) is 0.583. The molecular formula is C12H19N3O3. The number of esters is 1. The largest absolute Gasteiger partial charge is 0.469 e. The van der Waals surface area contributed by atoms with Crippen LogP contribution < -0.4 is 5.32 Å². The molecule has 1 rings (SSSR count). The molecule has 1 aromatic rings. The van der Waals surface area contributed by atoms with Crippen molar-refractivity contribution in [1.82, 2.24) is 15.1 Å². The molecule has 0 fully saturated rings. The molecule has 1 heterocycles. The van der Waals surface area contributed by atoms with Gasteiger partial charge in [0.05, 0.1) is 19.2 Å². The summed E-state index contributed by atoms with van der Waals surface area (Å²) in [4.78, 5) is 23.1. The smallest absolute Gasteiger partial charge is 0.307 e. The topological polar surface area (TPSA) is 73.2 Å². The van der Waals surface area contributed by atoms with Crippen molar-refractivity contribution >= 4 is 11.9 Å². The third kappa shape index (κ3) is 3.58. The lowest BCUT2D eigenvalue weighted by Crippen LogP contribution is -2.35. The van der Waals surface area contributed by atoms with Crippen molar-refractivity contribution in [1.29, 1.82) is 0 Å². The average Bonchev–Trinajstić information content (AvgIpc) is 2.70. The molecule has 0 aromatic carbocycles. The molecule has 0 radical (unpaired) electrons. The van der Waals surface area contributed by atoms with Gasteiger partial charge < -0.3 is 10.1 Å². The highest BCUT2D eigenvalue weighted by Crippen LogP contribution is 2.05. The van der Waals surface area contributed by atoms with E-state index >= 15 is 0 Å². The van der Waals surface area contributed by atoms with Gasteiger partial charge in [0.15, 0.2) is 0 Å². The van der Waals surface area contributed by atoms with Crippen LogP contribution in [-0.4, -0.2) is 34.8 Å². The molecular weight excluding hydrogens is 234 g/mol. The fourth-order valence-electron chi connectivity index (χ4n) is 1.65. The summed E-state index contributed by atoms with van der Waals surface area (Å²) in [5, 5.41) is 6.95. The molecule has 1 atom stereocenters. The minimum absolute atomic E-state index is 0.154. The molecule has 1 amide bonds. The molecule has 1 unspecified atom stereocenters. The number of hydrogen-bond donors (Lipinski definition) is 1. The summed E-state index contributed by atoms with van der Waals surface area (Å²) < 4.78 is 6.18. The molecule has 0 aliphatic heterocycles. The van der Waals surface area contributed by atoms with Gasteiger partial charge in [-0.05, 0) is 26.8 Å². The quantitative estimate of drug-likeness (QED) is 0.791. The monoisotopic (exact) mass is 253 g/mol. The van der Waals surface area contributed by atoms with E-state index in [2.05, 4.69) is 15.2 Å². The first-order valence-corrected chi connectivity index (χ1v) is 5.90. The molecule has 0 aliphatic carbocycles. The second kappa shape index (κ2) is 6.18. The van der Waals surface area contributed by atoms with Crippen LogP contribution in [-0.2, 0) is 16.1 Å². The normalized spacial score (nSPS) is 12.0. The maximum Gasteiger partial charge on any atom is 0.307 e. The van der Waals surface area contributed by atoms with Crippen molar-refractivity contribution in [2.45, 2.75) is 39.8 Å². The molecule has 0 saturated heterocycles. The lowest BCUT2D eigenvalue weighted by molar-refractivity contribution is -0.141. The maximum atomic E-state index is 12.0. The van der Waals surface area contributed by atoms with Crippen LogP contribution in [0.2, 0.25) is 0 Å². The Bertz CT molecular complexity index is 440. The minimum Gasteiger partial charge on any atom is -0.469 e. The molecule has 0 spiro atoms. The first kappa shape index (κ1) is 14.2. The Labute approximate surface area is 106 Å². The van der Waals surface area contributed by atoms with Crippen molar-refractivity contribution in [3.63, 3.8) is 0 Å². The van der Waals surface area contributed by atoms with Crippen molar-refractivity contribution in [3.8, 4) is 0 Å². The number of nitrogens with zero attached hydrogens (tertiary/aromatic N) is 2. The van der Waals surface area contributed by atoms with E-state index < -0.39 is 0 Å². The predicted molar refractivity (Wildman–Crippen MR) is 66.2 cm³/mol. The van der Waals surface area contributed by atoms with E-state index in [1.807, 2.05) is 13.8 Å². The summed E-state index contributed by atoms with van der Waals surface area (Å²) in [5.41, 5.74) is 1.30. The van der Waals surface area contributed by atoms with E-state index in [9.17, 15) is 9.59 Å². The Balaban J connectivity index is 2.67. The van der Waals surface area contributed by atoms with Crippen molar-refractivity contribution in [2.75, 3.05) is 7.11 Å². The minimum atomic E-state index is -0.344. The molecule has 6 nitrogen and oxygen atoms in total. The van der Waals surface area contributed by atoms with Crippen LogP contribution in [0.5, 0.6) is 0 Å². The number of aryl methyl sites for hydroxylation is 2. The summed E-state index contributed by atoms with van der Waals surface area (Å²) >= 11 is 0. The zero-order valence-corrected chi connectivity index (χ0v) is 11.2. The summed E-state index contributed by atoms with van der Waals surface area (Å²) in [6.45, 7) is 6.14. The van der Waals surface area contributed by atoms with Gasteiger partial charge in [-0.3, -0.25) is 14.3 Å². The molecule has 6 heteroatoms. The van der Waals surface area contributed by atoms with Gasteiger partial charge in [-0.25, -0.2) is 0 Å². The van der Waals surface area contributed by atoms with E-state index in [1.54, 1.807) is 17.7 Å². The number of aromatic nitrogens is 2. The summed E-state index contributed by atoms with van der Waals surface area (Å²) in [6.07, 6.45) is 0.154. The predicted octanol–water partition coefficient (Wildman–Crippen LogP) is 0.893. The standard InChI is InChI=1S/C12H19N3O3/c1-5-15-10(6-9(3)14-15)12(17)13-8(2)7-11(16)18-4/h6,8H,5,7H2,1-4H3,(H,13,17). The van der Waals surface area contributed by atoms with Crippen LogP contribution in [0.1, 0.15) is 36.5 Å². The number of ether oxygens (including phenoxy) is 1. The van der Waals surface area contributed by atoms with Crippen LogP contribution >= 0.6 is 0 Å². The second-order valence-electron chi connectivity index (χ2n) is 4.14. The Kier molecular flexibility index (Phi) is 4.88. The lowest BCUT2D eigenvalue weighted by atomic mass is 10.2. The van der Waals surface area contributed by atoms with Gasteiger partial charge in [0.1, 0.15) is 5.69 Å². The van der Waals surface area contributed by atoms with Gasteiger partial charge in [-0.2, -0.15) is 5.10 Å². The maximum absolute atomic E-state index is 12.0. The zero-order chi connectivity index (χ0) is 13.7. The van der Waals surface area contributed by atoms with Crippen molar-refractivity contribution in [3.05, 3.63) is 17.5 Å². The lowest BCUT2D eigenvalue weighted by Gasteiger charge is -2.12. The van der Waals surface area contributed by atoms with Crippen molar-refractivity contribution in [2.24, 2.45) is 0 Å². The molecule has 18 heavy (non-hydrogen) atoms. The first-order chi connectivity index (χ1) is 8.47. The van der Waals surface area contributed by atoms with Crippen LogP contribution in [0, 0.1) is 6.92 Å². The zero-order valence-electron chi connectivity index (χ0n) is 11.2. The number of carbonyl (C=O) groups excluding carboxylic acids is 2. The molecule has 1 aromatic heterocycles. The molecule has 1 N–H and O–H groups in total. The van der Waals surface area contributed by atoms with E-state index in [1.165, 1.54) is 7.11 Å². The average molecular weight is 253 g/mol. The molecule has 0 saturated carbocycles. The highest BCUT2D eigenvalue weighted by Gasteiger charge is 2.17. The fourth-order valence-corrected chi connectivity index (χ4v) is 1.65. The number of amides is 1. The summed E-state index contributed by atoms with van der Waals surface area (Å²) in [6, 6.07) is 1.45. The third-order valence-electron chi connectivity index (χ3n) is 2.51. The van der Waals surface area contributed by atoms with Crippen LogP contribution in [0.15, 0.2) is 6.07 Å². The van der Waals surface area contributed by atoms with E-state index in [-0.39, 0.29) is 24.3 Å². The van der Waals surface area contributed by atoms with Crippen LogP contribution in [0.4, 0.5) is 0 Å². The number of nitrogens with one attached hydrogen (secondary N) is 1.